The molecule has 0 aliphatic rings. The average molecular weight is 296 g/mol. The van der Waals surface area contributed by atoms with Crippen molar-refractivity contribution >= 4 is 48.0 Å². The predicted molar refractivity (Wildman–Crippen MR) is 74.7 cm³/mol. The van der Waals surface area contributed by atoms with Crippen molar-refractivity contribution < 1.29 is 8.42 Å². The minimum absolute atomic E-state index is 0.293. The van der Waals surface area contributed by atoms with Crippen molar-refractivity contribution in [1.82, 2.24) is 4.98 Å². The van der Waals surface area contributed by atoms with Crippen molar-refractivity contribution in [3.8, 4) is 0 Å². The van der Waals surface area contributed by atoms with Gasteiger partial charge in [-0.25, -0.2) is 13.4 Å². The molecular formula is C11H8N2O2S3. The van der Waals surface area contributed by atoms with Crippen LogP contribution in [0, 0.1) is 0 Å². The molecule has 0 unspecified atom stereocenters. The highest BCUT2D eigenvalue weighted by Gasteiger charge is 2.17. The normalized spacial score (nSPS) is 11.8. The Bertz CT molecular complexity index is 743. The fraction of sp³-hybridized carbons (Fsp3) is 0. The molecule has 18 heavy (non-hydrogen) atoms. The van der Waals surface area contributed by atoms with Crippen LogP contribution in [0.15, 0.2) is 46.0 Å². The summed E-state index contributed by atoms with van der Waals surface area (Å²) in [6.45, 7) is 0. The van der Waals surface area contributed by atoms with Crippen molar-refractivity contribution in [2.75, 3.05) is 4.72 Å². The van der Waals surface area contributed by atoms with E-state index in [1.807, 2.05) is 24.3 Å². The van der Waals surface area contributed by atoms with Crippen molar-refractivity contribution in [1.29, 1.82) is 0 Å². The smallest absolute Gasteiger partial charge is 0.254 e. The van der Waals surface area contributed by atoms with E-state index >= 15 is 0 Å². The number of rotatable bonds is 3. The maximum Gasteiger partial charge on any atom is 0.273 e. The summed E-state index contributed by atoms with van der Waals surface area (Å²) in [5.74, 6) is 0. The molecule has 4 nitrogen and oxygen atoms in total. The number of nitrogens with one attached hydrogen (secondary N) is 1. The molecule has 0 amide bonds. The Hall–Kier alpha value is -1.44. The molecule has 1 N–H and O–H groups in total. The van der Waals surface area contributed by atoms with Gasteiger partial charge < -0.3 is 0 Å². The molecule has 3 rings (SSSR count). The summed E-state index contributed by atoms with van der Waals surface area (Å²) in [7, 11) is -3.50. The fourth-order valence-corrected chi connectivity index (χ4v) is 4.59. The van der Waals surface area contributed by atoms with Gasteiger partial charge in [-0.05, 0) is 23.6 Å². The van der Waals surface area contributed by atoms with E-state index in [1.165, 1.54) is 22.7 Å². The number of thiazole rings is 1. The van der Waals surface area contributed by atoms with Gasteiger partial charge in [0.05, 0.1) is 10.2 Å². The molecule has 0 aliphatic heterocycles. The third-order valence-electron chi connectivity index (χ3n) is 2.28. The Kier molecular flexibility index (Phi) is 2.81. The maximum absolute atomic E-state index is 12.0. The molecule has 92 valence electrons. The van der Waals surface area contributed by atoms with Crippen LogP contribution in [0.25, 0.3) is 10.2 Å². The fourth-order valence-electron chi connectivity index (χ4n) is 1.50. The average Bonchev–Trinajstić information content (AvgIpc) is 2.96. The second kappa shape index (κ2) is 4.34. The van der Waals surface area contributed by atoms with Gasteiger partial charge in [0, 0.05) is 0 Å². The third-order valence-corrected chi connectivity index (χ3v) is 6.09. The molecule has 0 bridgehead atoms. The number of para-hydroxylation sites is 1. The van der Waals surface area contributed by atoms with Crippen LogP contribution < -0.4 is 4.72 Å². The summed E-state index contributed by atoms with van der Waals surface area (Å²) in [6, 6.07) is 10.8. The molecule has 0 saturated heterocycles. The molecule has 3 aromatic rings. The van der Waals surface area contributed by atoms with Crippen LogP contribution in [0.5, 0.6) is 0 Å². The van der Waals surface area contributed by atoms with E-state index in [9.17, 15) is 8.42 Å². The summed E-state index contributed by atoms with van der Waals surface area (Å²) in [6.07, 6.45) is 0. The number of sulfonamides is 1. The quantitative estimate of drug-likeness (QED) is 0.807. The van der Waals surface area contributed by atoms with Crippen LogP contribution in [0.3, 0.4) is 0 Å². The number of aromatic nitrogens is 1. The minimum Gasteiger partial charge on any atom is -0.254 e. The third kappa shape index (κ3) is 2.12. The highest BCUT2D eigenvalue weighted by atomic mass is 32.2. The Morgan fingerprint density at radius 3 is 2.67 bits per heavy atom. The lowest BCUT2D eigenvalue weighted by Crippen LogP contribution is -2.10. The van der Waals surface area contributed by atoms with Gasteiger partial charge in [0.1, 0.15) is 4.21 Å². The van der Waals surface area contributed by atoms with E-state index in [1.54, 1.807) is 17.5 Å². The number of fused-ring (bicyclic) bond motifs is 1. The van der Waals surface area contributed by atoms with Gasteiger partial charge in [0.2, 0.25) is 0 Å². The maximum atomic E-state index is 12.0. The van der Waals surface area contributed by atoms with Gasteiger partial charge in [-0.15, -0.1) is 11.3 Å². The first-order valence-corrected chi connectivity index (χ1v) is 8.25. The summed E-state index contributed by atoms with van der Waals surface area (Å²) >= 11 is 2.51. The van der Waals surface area contributed by atoms with Crippen molar-refractivity contribution in [3.63, 3.8) is 0 Å². The Morgan fingerprint density at radius 2 is 1.94 bits per heavy atom. The van der Waals surface area contributed by atoms with Crippen molar-refractivity contribution in [3.05, 3.63) is 41.8 Å². The van der Waals surface area contributed by atoms with E-state index < -0.39 is 10.0 Å². The number of benzene rings is 1. The first kappa shape index (κ1) is 11.6. The second-order valence-corrected chi connectivity index (χ2v) is 7.41. The second-order valence-electron chi connectivity index (χ2n) is 3.52. The molecule has 0 saturated carbocycles. The van der Waals surface area contributed by atoms with Gasteiger partial charge in [0.15, 0.2) is 5.13 Å². The lowest BCUT2D eigenvalue weighted by Gasteiger charge is -2.00. The largest absolute Gasteiger partial charge is 0.273 e. The summed E-state index contributed by atoms with van der Waals surface area (Å²) in [5, 5.41) is 2.12. The molecule has 7 heteroatoms. The van der Waals surface area contributed by atoms with E-state index in [2.05, 4.69) is 9.71 Å². The standard InChI is InChI=1S/C11H8N2O2S3/c14-18(15,10-6-3-7-16-10)13-11-12-8-4-1-2-5-9(8)17-11/h1-7H,(H,12,13). The topological polar surface area (TPSA) is 59.1 Å². The first-order valence-electron chi connectivity index (χ1n) is 5.07. The number of anilines is 1. The van der Waals surface area contributed by atoms with Crippen LogP contribution in [-0.4, -0.2) is 13.4 Å². The van der Waals surface area contributed by atoms with Gasteiger partial charge in [-0.1, -0.05) is 29.5 Å². The monoisotopic (exact) mass is 296 g/mol. The summed E-state index contributed by atoms with van der Waals surface area (Å²) < 4.78 is 27.8. The molecule has 0 radical (unpaired) electrons. The minimum atomic E-state index is -3.50. The predicted octanol–water partition coefficient (Wildman–Crippen LogP) is 3.16. The van der Waals surface area contributed by atoms with Gasteiger partial charge in [-0.2, -0.15) is 0 Å². The number of hydrogen-bond acceptors (Lipinski definition) is 5. The summed E-state index contributed by atoms with van der Waals surface area (Å²) in [4.78, 5) is 4.24. The zero-order valence-electron chi connectivity index (χ0n) is 9.03. The van der Waals surface area contributed by atoms with Crippen LogP contribution in [0.2, 0.25) is 0 Å². The van der Waals surface area contributed by atoms with Crippen LogP contribution >= 0.6 is 22.7 Å². The zero-order valence-corrected chi connectivity index (χ0v) is 11.5. The van der Waals surface area contributed by atoms with Crippen LogP contribution in [-0.2, 0) is 10.0 Å². The molecular weight excluding hydrogens is 288 g/mol. The molecule has 2 heterocycles. The number of hydrogen-bond donors (Lipinski definition) is 1. The molecule has 0 fully saturated rings. The number of nitrogens with zero attached hydrogens (tertiary/aromatic N) is 1. The van der Waals surface area contributed by atoms with Crippen LogP contribution in [0.4, 0.5) is 5.13 Å². The van der Waals surface area contributed by atoms with E-state index in [4.69, 9.17) is 0 Å². The van der Waals surface area contributed by atoms with E-state index in [0.29, 0.717) is 9.34 Å². The van der Waals surface area contributed by atoms with Crippen molar-refractivity contribution in [2.45, 2.75) is 4.21 Å². The van der Waals surface area contributed by atoms with Gasteiger partial charge in [0.25, 0.3) is 10.0 Å². The SMILES string of the molecule is O=S(=O)(Nc1nc2ccccc2s1)c1cccs1. The first-order chi connectivity index (χ1) is 8.65. The van der Waals surface area contributed by atoms with E-state index in [0.717, 1.165) is 10.2 Å². The molecule has 1 aromatic carbocycles. The lowest BCUT2D eigenvalue weighted by atomic mass is 10.3. The lowest BCUT2D eigenvalue weighted by molar-refractivity contribution is 0.603. The Morgan fingerprint density at radius 1 is 1.11 bits per heavy atom. The molecule has 0 aliphatic carbocycles. The molecule has 0 atom stereocenters. The van der Waals surface area contributed by atoms with E-state index in [-0.39, 0.29) is 0 Å². The number of thiophene rings is 1. The highest BCUT2D eigenvalue weighted by Crippen LogP contribution is 2.28. The highest BCUT2D eigenvalue weighted by molar-refractivity contribution is 7.94. The van der Waals surface area contributed by atoms with Gasteiger partial charge >= 0.3 is 0 Å². The molecule has 2 aromatic heterocycles. The molecule has 0 spiro atoms. The Labute approximate surface area is 112 Å². The zero-order chi connectivity index (χ0) is 12.6. The Balaban J connectivity index is 1.97. The van der Waals surface area contributed by atoms with Crippen molar-refractivity contribution in [2.24, 2.45) is 0 Å². The van der Waals surface area contributed by atoms with Crippen LogP contribution in [0.1, 0.15) is 0 Å². The van der Waals surface area contributed by atoms with Gasteiger partial charge in [-0.3, -0.25) is 4.72 Å². The summed E-state index contributed by atoms with van der Waals surface area (Å²) in [5.41, 5.74) is 0.798.